The van der Waals surface area contributed by atoms with Gasteiger partial charge in [0, 0.05) is 23.9 Å². The highest BCUT2D eigenvalue weighted by molar-refractivity contribution is 5.84. The van der Waals surface area contributed by atoms with Gasteiger partial charge in [0.25, 0.3) is 5.91 Å². The van der Waals surface area contributed by atoms with Crippen LogP contribution in [0.5, 0.6) is 0 Å². The summed E-state index contributed by atoms with van der Waals surface area (Å²) in [7, 11) is 0. The van der Waals surface area contributed by atoms with Crippen LogP contribution in [0.4, 0.5) is 31.1 Å². The Hall–Kier alpha value is -2.46. The molecule has 0 bridgehead atoms. The van der Waals surface area contributed by atoms with E-state index in [1.165, 1.54) is 0 Å². The maximum absolute atomic E-state index is 14.1. The van der Waals surface area contributed by atoms with Crippen LogP contribution in [0.25, 0.3) is 0 Å². The predicted octanol–water partition coefficient (Wildman–Crippen LogP) is 2.83. The quantitative estimate of drug-likeness (QED) is 0.644. The molecule has 1 aliphatic heterocycles. The van der Waals surface area contributed by atoms with E-state index < -0.39 is 72.2 Å². The summed E-state index contributed by atoms with van der Waals surface area (Å²) in [4.78, 5) is 23.4. The molecule has 0 aromatic heterocycles. The Morgan fingerprint density at radius 3 is 2.38 bits per heavy atom. The first-order chi connectivity index (χ1) is 11.9. The first kappa shape index (κ1) is 19.9. The van der Waals surface area contributed by atoms with Gasteiger partial charge in [0.15, 0.2) is 17.7 Å². The lowest BCUT2D eigenvalue weighted by Crippen LogP contribution is -2.56. The zero-order valence-electron chi connectivity index (χ0n) is 13.3. The largest absolute Gasteiger partial charge is 0.436 e. The van der Waals surface area contributed by atoms with Crippen LogP contribution < -0.4 is 5.73 Å². The van der Waals surface area contributed by atoms with Crippen molar-refractivity contribution in [3.05, 3.63) is 35.1 Å². The van der Waals surface area contributed by atoms with Crippen LogP contribution in [0.1, 0.15) is 24.8 Å². The number of alkyl halides is 3. The number of nitrogens with two attached hydrogens (primary N) is 1. The summed E-state index contributed by atoms with van der Waals surface area (Å²) >= 11 is 0. The number of hydrogen-bond donors (Lipinski definition) is 1. The molecule has 1 heterocycles. The number of rotatable bonds is 3. The summed E-state index contributed by atoms with van der Waals surface area (Å²) in [5.41, 5.74) is 3.97. The van der Waals surface area contributed by atoms with Crippen LogP contribution in [0.15, 0.2) is 12.1 Å². The minimum absolute atomic E-state index is 0.283. The molecular weight excluding hydrogens is 370 g/mol. The highest BCUT2D eigenvalue weighted by Crippen LogP contribution is 2.38. The fourth-order valence-corrected chi connectivity index (χ4v) is 3.03. The highest BCUT2D eigenvalue weighted by atomic mass is 19.4. The van der Waals surface area contributed by atoms with Crippen LogP contribution in [-0.2, 0) is 9.53 Å². The van der Waals surface area contributed by atoms with Gasteiger partial charge in [-0.3, -0.25) is 4.79 Å². The molecule has 26 heavy (non-hydrogen) atoms. The Balaban J connectivity index is 2.50. The van der Waals surface area contributed by atoms with E-state index in [4.69, 9.17) is 5.73 Å². The minimum atomic E-state index is -4.82. The number of likely N-dealkylation sites (tertiary alicyclic amines) is 1. The Labute approximate surface area is 143 Å². The van der Waals surface area contributed by atoms with Gasteiger partial charge in [0.1, 0.15) is 12.4 Å². The first-order valence-corrected chi connectivity index (χ1v) is 7.39. The van der Waals surface area contributed by atoms with Crippen molar-refractivity contribution < 1.29 is 40.7 Å². The molecule has 5 nitrogen and oxygen atoms in total. The van der Waals surface area contributed by atoms with E-state index in [1.807, 2.05) is 0 Å². The lowest BCUT2D eigenvalue weighted by atomic mass is 9.82. The lowest BCUT2D eigenvalue weighted by Gasteiger charge is -2.42. The number of carbonyl (C=O) groups excluding carboxylic acids is 2. The Kier molecular flexibility index (Phi) is 5.38. The molecule has 144 valence electrons. The van der Waals surface area contributed by atoms with E-state index in [-0.39, 0.29) is 4.90 Å². The van der Waals surface area contributed by atoms with Gasteiger partial charge in [-0.05, 0) is 19.1 Å². The number of carbonyl (C=O) groups is 2. The molecule has 0 saturated carbocycles. The number of hydrogen-bond acceptors (Lipinski definition) is 3. The Bertz CT molecular complexity index is 724. The van der Waals surface area contributed by atoms with Crippen LogP contribution >= 0.6 is 0 Å². The van der Waals surface area contributed by atoms with Gasteiger partial charge in [0.2, 0.25) is 0 Å². The molecule has 1 saturated heterocycles. The summed E-state index contributed by atoms with van der Waals surface area (Å²) in [5, 5.41) is 0. The van der Waals surface area contributed by atoms with E-state index in [0.29, 0.717) is 12.1 Å². The number of piperidine rings is 1. The van der Waals surface area contributed by atoms with Gasteiger partial charge < -0.3 is 15.4 Å². The standard InChI is InChI=1S/C15H14F6N2O3/c1-6-7(11-8(16)2-3-9(17)12(11)18)4-10(26-14(22)25)13(24)23(6)5-15(19,20)21/h2-3,6-7,10H,4-5H2,1H3,(H2,22,25)/t6-,7-,10+/m1/s1. The van der Waals surface area contributed by atoms with Gasteiger partial charge in [-0.25, -0.2) is 18.0 Å². The molecule has 0 radical (unpaired) electrons. The van der Waals surface area contributed by atoms with Crippen molar-refractivity contribution in [2.75, 3.05) is 6.54 Å². The van der Waals surface area contributed by atoms with E-state index in [0.717, 1.165) is 6.92 Å². The molecule has 3 atom stereocenters. The van der Waals surface area contributed by atoms with Crippen molar-refractivity contribution in [2.45, 2.75) is 37.6 Å². The van der Waals surface area contributed by atoms with Crippen LogP contribution in [0.3, 0.4) is 0 Å². The van der Waals surface area contributed by atoms with Crippen molar-refractivity contribution in [3.8, 4) is 0 Å². The Morgan fingerprint density at radius 2 is 1.85 bits per heavy atom. The maximum Gasteiger partial charge on any atom is 0.406 e. The zero-order valence-corrected chi connectivity index (χ0v) is 13.3. The van der Waals surface area contributed by atoms with E-state index in [2.05, 4.69) is 4.74 Å². The molecule has 0 aliphatic carbocycles. The van der Waals surface area contributed by atoms with Crippen molar-refractivity contribution in [1.29, 1.82) is 0 Å². The van der Waals surface area contributed by atoms with Crippen LogP contribution in [0.2, 0.25) is 0 Å². The average Bonchev–Trinajstić information content (AvgIpc) is 2.50. The number of amides is 2. The molecule has 1 aliphatic rings. The highest BCUT2D eigenvalue weighted by Gasteiger charge is 2.47. The molecule has 11 heteroatoms. The van der Waals surface area contributed by atoms with E-state index in [9.17, 15) is 35.9 Å². The summed E-state index contributed by atoms with van der Waals surface area (Å²) < 4.78 is 84.5. The second-order valence-electron chi connectivity index (χ2n) is 5.85. The second kappa shape index (κ2) is 7.04. The summed E-state index contributed by atoms with van der Waals surface area (Å²) in [6.45, 7) is -0.598. The fourth-order valence-electron chi connectivity index (χ4n) is 3.03. The molecule has 1 aromatic rings. The van der Waals surface area contributed by atoms with Gasteiger partial charge in [-0.2, -0.15) is 13.2 Å². The van der Waals surface area contributed by atoms with E-state index in [1.54, 1.807) is 0 Å². The van der Waals surface area contributed by atoms with Crippen molar-refractivity contribution in [3.63, 3.8) is 0 Å². The molecule has 1 aromatic carbocycles. The van der Waals surface area contributed by atoms with Crippen LogP contribution in [0, 0.1) is 17.5 Å². The number of ether oxygens (including phenoxy) is 1. The number of nitrogens with zero attached hydrogens (tertiary/aromatic N) is 1. The third kappa shape index (κ3) is 4.02. The summed E-state index contributed by atoms with van der Waals surface area (Å²) in [6.07, 6.45) is -8.58. The number of primary amides is 1. The van der Waals surface area contributed by atoms with Gasteiger partial charge in [-0.1, -0.05) is 0 Å². The average molecular weight is 384 g/mol. The summed E-state index contributed by atoms with van der Waals surface area (Å²) in [6, 6.07) is -0.199. The topological polar surface area (TPSA) is 72.6 Å². The number of benzene rings is 1. The van der Waals surface area contributed by atoms with Gasteiger partial charge >= 0.3 is 12.3 Å². The molecule has 0 spiro atoms. The fraction of sp³-hybridized carbons (Fsp3) is 0.467. The predicted molar refractivity (Wildman–Crippen MR) is 75.4 cm³/mol. The molecule has 2 amide bonds. The van der Waals surface area contributed by atoms with E-state index >= 15 is 0 Å². The van der Waals surface area contributed by atoms with Crippen LogP contribution in [-0.4, -0.2) is 41.8 Å². The van der Waals surface area contributed by atoms with Crippen molar-refractivity contribution >= 4 is 12.0 Å². The normalized spacial score (nSPS) is 23.9. The lowest BCUT2D eigenvalue weighted by molar-refractivity contribution is -0.176. The Morgan fingerprint density at radius 1 is 1.27 bits per heavy atom. The monoisotopic (exact) mass is 384 g/mol. The molecule has 1 fully saturated rings. The SMILES string of the molecule is C[C@@H]1[C@H](c2c(F)ccc(F)c2F)C[C@H](OC(N)=O)C(=O)N1CC(F)(F)F. The van der Waals surface area contributed by atoms with Crippen molar-refractivity contribution in [2.24, 2.45) is 5.73 Å². The second-order valence-corrected chi connectivity index (χ2v) is 5.85. The smallest absolute Gasteiger partial charge is 0.406 e. The molecule has 2 N–H and O–H groups in total. The maximum atomic E-state index is 14.1. The summed E-state index contributed by atoms with van der Waals surface area (Å²) in [5.74, 6) is -6.78. The van der Waals surface area contributed by atoms with Crippen molar-refractivity contribution in [1.82, 2.24) is 4.90 Å². The zero-order chi connectivity index (χ0) is 19.8. The first-order valence-electron chi connectivity index (χ1n) is 7.39. The minimum Gasteiger partial charge on any atom is -0.436 e. The third-order valence-electron chi connectivity index (χ3n) is 4.16. The third-order valence-corrected chi connectivity index (χ3v) is 4.16. The molecule has 0 unspecified atom stereocenters. The van der Waals surface area contributed by atoms with Gasteiger partial charge in [-0.15, -0.1) is 0 Å². The number of halogens is 6. The van der Waals surface area contributed by atoms with Gasteiger partial charge in [0.05, 0.1) is 0 Å². The molecule has 2 rings (SSSR count). The molecular formula is C15H14F6N2O3.